The van der Waals surface area contributed by atoms with Crippen LogP contribution in [0.25, 0.3) is 11.0 Å². The van der Waals surface area contributed by atoms with Crippen LogP contribution in [0, 0.1) is 0 Å². The minimum atomic E-state index is -0.652. The van der Waals surface area contributed by atoms with E-state index in [1.807, 2.05) is 0 Å². The molecule has 5 nitrogen and oxygen atoms in total. The first-order valence-electron chi connectivity index (χ1n) is 8.94. The molecule has 0 atom stereocenters. The largest absolute Gasteiger partial charge is 0.456 e. The molecule has 0 amide bonds. The molecule has 0 saturated carbocycles. The van der Waals surface area contributed by atoms with Gasteiger partial charge in [0.2, 0.25) is 0 Å². The van der Waals surface area contributed by atoms with Crippen molar-refractivity contribution >= 4 is 22.6 Å². The number of aryl methyl sites for hydroxylation is 2. The number of rotatable bonds is 1. The number of nitrogens with zero attached hydrogens (tertiary/aromatic N) is 1. The summed E-state index contributed by atoms with van der Waals surface area (Å²) in [5.41, 5.74) is 2.98. The van der Waals surface area contributed by atoms with Gasteiger partial charge in [-0.3, -0.25) is 0 Å². The van der Waals surface area contributed by atoms with Gasteiger partial charge >= 0.3 is 11.6 Å². The van der Waals surface area contributed by atoms with Crippen molar-refractivity contribution in [3.63, 3.8) is 0 Å². The second-order valence-electron chi connectivity index (χ2n) is 7.92. The van der Waals surface area contributed by atoms with Crippen molar-refractivity contribution in [1.82, 2.24) is 0 Å². The Labute approximate surface area is 146 Å². The van der Waals surface area contributed by atoms with Crippen LogP contribution < -0.4 is 10.5 Å². The second-order valence-corrected chi connectivity index (χ2v) is 7.92. The first kappa shape index (κ1) is 16.2. The Morgan fingerprint density at radius 2 is 1.88 bits per heavy atom. The molecule has 1 aromatic carbocycles. The number of benzene rings is 1. The van der Waals surface area contributed by atoms with Crippen LogP contribution in [-0.2, 0) is 17.6 Å². The van der Waals surface area contributed by atoms with Crippen LogP contribution in [0.1, 0.15) is 55.1 Å². The number of hydrogen-bond donors (Lipinski definition) is 0. The average molecular weight is 341 g/mol. The molecule has 2 aliphatic heterocycles. The number of ether oxygens (including phenoxy) is 1. The van der Waals surface area contributed by atoms with Crippen molar-refractivity contribution in [2.24, 2.45) is 0 Å². The quantitative estimate of drug-likeness (QED) is 0.587. The highest BCUT2D eigenvalue weighted by atomic mass is 16.6. The van der Waals surface area contributed by atoms with Gasteiger partial charge < -0.3 is 14.1 Å². The molecule has 3 heterocycles. The fourth-order valence-electron chi connectivity index (χ4n) is 3.92. The molecule has 5 heteroatoms. The van der Waals surface area contributed by atoms with Crippen molar-refractivity contribution in [1.29, 1.82) is 0 Å². The minimum Gasteiger partial charge on any atom is -0.456 e. The van der Waals surface area contributed by atoms with Crippen molar-refractivity contribution in [3.05, 3.63) is 39.2 Å². The molecule has 0 unspecified atom stereocenters. The predicted molar refractivity (Wildman–Crippen MR) is 96.5 cm³/mol. The topological polar surface area (TPSA) is 59.8 Å². The summed E-state index contributed by atoms with van der Waals surface area (Å²) in [4.78, 5) is 27.2. The highest BCUT2D eigenvalue weighted by Crippen LogP contribution is 2.39. The predicted octanol–water partition coefficient (Wildman–Crippen LogP) is 3.45. The molecule has 4 rings (SSSR count). The molecule has 0 aliphatic carbocycles. The molecule has 0 spiro atoms. The summed E-state index contributed by atoms with van der Waals surface area (Å²) in [6.07, 6.45) is 4.12. The number of esters is 1. The van der Waals surface area contributed by atoms with Gasteiger partial charge in [0.25, 0.3) is 0 Å². The zero-order chi connectivity index (χ0) is 17.8. The lowest BCUT2D eigenvalue weighted by molar-refractivity contribution is 0.00654. The van der Waals surface area contributed by atoms with Gasteiger partial charge in [-0.2, -0.15) is 0 Å². The van der Waals surface area contributed by atoms with E-state index in [0.29, 0.717) is 5.58 Å². The Bertz CT molecular complexity index is 918. The summed E-state index contributed by atoms with van der Waals surface area (Å²) >= 11 is 0. The smallest absolute Gasteiger partial charge is 0.351 e. The molecule has 132 valence electrons. The maximum absolute atomic E-state index is 12.4. The van der Waals surface area contributed by atoms with Crippen LogP contribution in [0.15, 0.2) is 21.3 Å². The summed E-state index contributed by atoms with van der Waals surface area (Å²) in [5, 5.41) is 0.818. The summed E-state index contributed by atoms with van der Waals surface area (Å²) in [5.74, 6) is -0.629. The number of carbonyl (C=O) groups excluding carboxylic acids is 1. The number of carbonyl (C=O) groups is 1. The third-order valence-electron chi connectivity index (χ3n) is 4.83. The molecule has 0 fully saturated rings. The van der Waals surface area contributed by atoms with Crippen LogP contribution in [0.2, 0.25) is 0 Å². The SMILES string of the molecule is CC(C)(C)OC(=O)c1cc2cc3c4c(c2oc1=O)CCCN4CCC3. The van der Waals surface area contributed by atoms with Gasteiger partial charge in [0.1, 0.15) is 16.7 Å². The molecule has 0 radical (unpaired) electrons. The Hall–Kier alpha value is -2.30. The molecule has 2 aliphatic rings. The number of fused-ring (bicyclic) bond motifs is 2. The summed E-state index contributed by atoms with van der Waals surface area (Å²) in [6, 6.07) is 3.71. The molecule has 1 aromatic heterocycles. The van der Waals surface area contributed by atoms with E-state index in [-0.39, 0.29) is 5.56 Å². The summed E-state index contributed by atoms with van der Waals surface area (Å²) in [6.45, 7) is 7.46. The highest BCUT2D eigenvalue weighted by molar-refractivity contribution is 5.95. The van der Waals surface area contributed by atoms with Crippen LogP contribution in [0.4, 0.5) is 5.69 Å². The van der Waals surface area contributed by atoms with Gasteiger partial charge in [0.05, 0.1) is 0 Å². The molecule has 2 aromatic rings. The standard InChI is InChI=1S/C20H23NO4/c1-20(2,3)25-19(23)15-11-13-10-12-6-4-8-21-9-5-7-14(16(12)21)17(13)24-18(15)22/h10-11H,4-9H2,1-3H3. The van der Waals surface area contributed by atoms with E-state index in [2.05, 4.69) is 11.0 Å². The van der Waals surface area contributed by atoms with Crippen molar-refractivity contribution in [2.75, 3.05) is 18.0 Å². The number of anilines is 1. The third kappa shape index (κ3) is 2.81. The summed E-state index contributed by atoms with van der Waals surface area (Å²) < 4.78 is 11.0. The van der Waals surface area contributed by atoms with E-state index in [1.165, 1.54) is 11.3 Å². The van der Waals surface area contributed by atoms with E-state index in [1.54, 1.807) is 26.8 Å². The van der Waals surface area contributed by atoms with Crippen molar-refractivity contribution in [2.45, 2.75) is 52.1 Å². The van der Waals surface area contributed by atoms with Crippen LogP contribution in [-0.4, -0.2) is 24.7 Å². The maximum Gasteiger partial charge on any atom is 0.351 e. The first-order chi connectivity index (χ1) is 11.8. The summed E-state index contributed by atoms with van der Waals surface area (Å²) in [7, 11) is 0. The number of hydrogen-bond acceptors (Lipinski definition) is 5. The first-order valence-corrected chi connectivity index (χ1v) is 8.94. The van der Waals surface area contributed by atoms with Crippen LogP contribution in [0.5, 0.6) is 0 Å². The maximum atomic E-state index is 12.4. The average Bonchev–Trinajstić information content (AvgIpc) is 2.54. The molecule has 25 heavy (non-hydrogen) atoms. The molecule has 0 bridgehead atoms. The van der Waals surface area contributed by atoms with Gasteiger partial charge in [0, 0.05) is 29.7 Å². The zero-order valence-corrected chi connectivity index (χ0v) is 15.0. The highest BCUT2D eigenvalue weighted by Gasteiger charge is 2.28. The molecular formula is C20H23NO4. The van der Waals surface area contributed by atoms with Crippen LogP contribution >= 0.6 is 0 Å². The zero-order valence-electron chi connectivity index (χ0n) is 15.0. The minimum absolute atomic E-state index is 0.0296. The van der Waals surface area contributed by atoms with Gasteiger partial charge in [0.15, 0.2) is 0 Å². The Morgan fingerprint density at radius 3 is 2.60 bits per heavy atom. The lowest BCUT2D eigenvalue weighted by Crippen LogP contribution is -2.34. The van der Waals surface area contributed by atoms with Gasteiger partial charge in [-0.15, -0.1) is 0 Å². The molecule has 0 saturated heterocycles. The van der Waals surface area contributed by atoms with Gasteiger partial charge in [-0.05, 0) is 64.2 Å². The van der Waals surface area contributed by atoms with Crippen molar-refractivity contribution < 1.29 is 13.9 Å². The van der Waals surface area contributed by atoms with E-state index in [0.717, 1.165) is 49.7 Å². The third-order valence-corrected chi connectivity index (χ3v) is 4.83. The van der Waals surface area contributed by atoms with Crippen LogP contribution in [0.3, 0.4) is 0 Å². The Balaban J connectivity index is 1.89. The fraction of sp³-hybridized carbons (Fsp3) is 0.500. The second kappa shape index (κ2) is 5.61. The van der Waals surface area contributed by atoms with E-state index < -0.39 is 17.2 Å². The monoisotopic (exact) mass is 341 g/mol. The van der Waals surface area contributed by atoms with E-state index >= 15 is 0 Å². The van der Waals surface area contributed by atoms with Crippen molar-refractivity contribution in [3.8, 4) is 0 Å². The molecular weight excluding hydrogens is 318 g/mol. The lowest BCUT2D eigenvalue weighted by Gasteiger charge is -2.37. The van der Waals surface area contributed by atoms with E-state index in [9.17, 15) is 9.59 Å². The van der Waals surface area contributed by atoms with Gasteiger partial charge in [-0.25, -0.2) is 9.59 Å². The fourth-order valence-corrected chi connectivity index (χ4v) is 3.92. The Morgan fingerprint density at radius 1 is 1.16 bits per heavy atom. The normalized spacial score (nSPS) is 16.7. The Kier molecular flexibility index (Phi) is 3.63. The lowest BCUT2D eigenvalue weighted by atomic mass is 9.90. The molecule has 0 N–H and O–H groups in total. The van der Waals surface area contributed by atoms with E-state index in [4.69, 9.17) is 9.15 Å². The van der Waals surface area contributed by atoms with Gasteiger partial charge in [-0.1, -0.05) is 0 Å².